The van der Waals surface area contributed by atoms with Crippen molar-refractivity contribution in [3.05, 3.63) is 24.3 Å². The Morgan fingerprint density at radius 3 is 2.40 bits per heavy atom. The molecule has 1 aromatic carbocycles. The average molecular weight is 278 g/mol. The summed E-state index contributed by atoms with van der Waals surface area (Å²) < 4.78 is 11.4. The zero-order chi connectivity index (χ0) is 14.2. The molecule has 1 saturated heterocycles. The summed E-state index contributed by atoms with van der Waals surface area (Å²) in [5.41, 5.74) is 0. The highest BCUT2D eigenvalue weighted by atomic mass is 16.5. The van der Waals surface area contributed by atoms with Crippen LogP contribution in [0.2, 0.25) is 0 Å². The predicted molar refractivity (Wildman–Crippen MR) is 81.6 cm³/mol. The van der Waals surface area contributed by atoms with Crippen molar-refractivity contribution in [3.8, 4) is 11.5 Å². The second-order valence-corrected chi connectivity index (χ2v) is 5.13. The standard InChI is InChI=1S/C16H26N2O2/c1-3-19-15-6-4-5-7-16(15)20-13-12-18-10-8-14(17-2)9-11-18/h4-7,14,17H,3,8-13H2,1-2H3. The summed E-state index contributed by atoms with van der Waals surface area (Å²) in [6.07, 6.45) is 2.46. The van der Waals surface area contributed by atoms with E-state index < -0.39 is 0 Å². The number of hydrogen-bond donors (Lipinski definition) is 1. The van der Waals surface area contributed by atoms with E-state index in [0.29, 0.717) is 19.3 Å². The molecule has 2 rings (SSSR count). The number of piperidine rings is 1. The molecule has 0 amide bonds. The van der Waals surface area contributed by atoms with Gasteiger partial charge in [-0.3, -0.25) is 4.90 Å². The third-order valence-electron chi connectivity index (χ3n) is 3.81. The van der Waals surface area contributed by atoms with Crippen molar-refractivity contribution in [2.45, 2.75) is 25.8 Å². The van der Waals surface area contributed by atoms with Crippen molar-refractivity contribution in [3.63, 3.8) is 0 Å². The highest BCUT2D eigenvalue weighted by molar-refractivity contribution is 5.39. The van der Waals surface area contributed by atoms with Gasteiger partial charge in [-0.1, -0.05) is 12.1 Å². The van der Waals surface area contributed by atoms with Gasteiger partial charge in [0.1, 0.15) is 6.61 Å². The molecule has 1 fully saturated rings. The molecule has 1 N–H and O–H groups in total. The first-order chi connectivity index (χ1) is 9.83. The van der Waals surface area contributed by atoms with Crippen LogP contribution in [-0.4, -0.2) is 50.8 Å². The van der Waals surface area contributed by atoms with Gasteiger partial charge < -0.3 is 14.8 Å². The highest BCUT2D eigenvalue weighted by Gasteiger charge is 2.17. The summed E-state index contributed by atoms with van der Waals surface area (Å²) in [5.74, 6) is 1.68. The van der Waals surface area contributed by atoms with Gasteiger partial charge in [0.15, 0.2) is 11.5 Å². The monoisotopic (exact) mass is 278 g/mol. The largest absolute Gasteiger partial charge is 0.490 e. The van der Waals surface area contributed by atoms with E-state index in [-0.39, 0.29) is 0 Å². The second kappa shape index (κ2) is 8.12. The fourth-order valence-electron chi connectivity index (χ4n) is 2.57. The lowest BCUT2D eigenvalue weighted by molar-refractivity contribution is 0.164. The van der Waals surface area contributed by atoms with E-state index >= 15 is 0 Å². The molecule has 1 heterocycles. The molecule has 20 heavy (non-hydrogen) atoms. The third-order valence-corrected chi connectivity index (χ3v) is 3.81. The van der Waals surface area contributed by atoms with E-state index in [1.165, 1.54) is 12.8 Å². The Hall–Kier alpha value is -1.26. The van der Waals surface area contributed by atoms with Crippen LogP contribution in [0.3, 0.4) is 0 Å². The molecule has 0 atom stereocenters. The Labute approximate surface area is 122 Å². The zero-order valence-corrected chi connectivity index (χ0v) is 12.6. The second-order valence-electron chi connectivity index (χ2n) is 5.13. The molecule has 4 heteroatoms. The number of nitrogens with one attached hydrogen (secondary N) is 1. The molecule has 4 nitrogen and oxygen atoms in total. The van der Waals surface area contributed by atoms with Gasteiger partial charge in [0.2, 0.25) is 0 Å². The lowest BCUT2D eigenvalue weighted by Crippen LogP contribution is -2.42. The summed E-state index contributed by atoms with van der Waals surface area (Å²) in [7, 11) is 2.05. The van der Waals surface area contributed by atoms with E-state index in [4.69, 9.17) is 9.47 Å². The Bertz CT molecular complexity index is 390. The zero-order valence-electron chi connectivity index (χ0n) is 12.6. The maximum atomic E-state index is 5.86. The van der Waals surface area contributed by atoms with Crippen LogP contribution >= 0.6 is 0 Å². The normalized spacial score (nSPS) is 17.1. The molecule has 0 bridgehead atoms. The molecule has 0 saturated carbocycles. The summed E-state index contributed by atoms with van der Waals surface area (Å²) >= 11 is 0. The molecule has 1 aliphatic heterocycles. The van der Waals surface area contributed by atoms with Crippen LogP contribution in [0, 0.1) is 0 Å². The topological polar surface area (TPSA) is 33.7 Å². The molecular weight excluding hydrogens is 252 g/mol. The van der Waals surface area contributed by atoms with Crippen LogP contribution in [0.25, 0.3) is 0 Å². The molecule has 0 radical (unpaired) electrons. The molecule has 1 aromatic rings. The molecular formula is C16H26N2O2. The minimum absolute atomic E-state index is 0.665. The van der Waals surface area contributed by atoms with Crippen LogP contribution in [0.4, 0.5) is 0 Å². The fourth-order valence-corrected chi connectivity index (χ4v) is 2.57. The van der Waals surface area contributed by atoms with E-state index in [1.807, 2.05) is 38.2 Å². The van der Waals surface area contributed by atoms with Crippen LogP contribution in [0.5, 0.6) is 11.5 Å². The first-order valence-corrected chi connectivity index (χ1v) is 7.57. The SMILES string of the molecule is CCOc1ccccc1OCCN1CCC(NC)CC1. The molecule has 112 valence electrons. The summed E-state index contributed by atoms with van der Waals surface area (Å²) in [4.78, 5) is 2.47. The van der Waals surface area contributed by atoms with Crippen molar-refractivity contribution in [1.29, 1.82) is 0 Å². The molecule has 0 spiro atoms. The maximum absolute atomic E-state index is 5.86. The van der Waals surface area contributed by atoms with Gasteiger partial charge in [0, 0.05) is 12.6 Å². The minimum Gasteiger partial charge on any atom is -0.490 e. The lowest BCUT2D eigenvalue weighted by Gasteiger charge is -2.31. The van der Waals surface area contributed by atoms with Crippen molar-refractivity contribution >= 4 is 0 Å². The maximum Gasteiger partial charge on any atom is 0.161 e. The molecule has 1 aliphatic rings. The molecule has 0 aliphatic carbocycles. The summed E-state index contributed by atoms with van der Waals surface area (Å²) in [6, 6.07) is 8.57. The number of likely N-dealkylation sites (tertiary alicyclic amines) is 1. The lowest BCUT2D eigenvalue weighted by atomic mass is 10.1. The summed E-state index contributed by atoms with van der Waals surface area (Å²) in [5, 5.41) is 3.35. The predicted octanol–water partition coefficient (Wildman–Crippen LogP) is 2.15. The van der Waals surface area contributed by atoms with E-state index in [1.54, 1.807) is 0 Å². The minimum atomic E-state index is 0.665. The Kier molecular flexibility index (Phi) is 6.15. The smallest absolute Gasteiger partial charge is 0.161 e. The highest BCUT2D eigenvalue weighted by Crippen LogP contribution is 2.26. The Balaban J connectivity index is 1.73. The van der Waals surface area contributed by atoms with E-state index in [0.717, 1.165) is 31.1 Å². The molecule has 0 unspecified atom stereocenters. The van der Waals surface area contributed by atoms with Gasteiger partial charge in [0.25, 0.3) is 0 Å². The quantitative estimate of drug-likeness (QED) is 0.828. The van der Waals surface area contributed by atoms with Gasteiger partial charge in [-0.2, -0.15) is 0 Å². The fraction of sp³-hybridized carbons (Fsp3) is 0.625. The first kappa shape index (κ1) is 15.1. The van der Waals surface area contributed by atoms with Crippen molar-refractivity contribution in [1.82, 2.24) is 10.2 Å². The van der Waals surface area contributed by atoms with Crippen LogP contribution < -0.4 is 14.8 Å². The van der Waals surface area contributed by atoms with E-state index in [2.05, 4.69) is 10.2 Å². The number of nitrogens with zero attached hydrogens (tertiary/aromatic N) is 1. The van der Waals surface area contributed by atoms with Crippen molar-refractivity contribution in [2.24, 2.45) is 0 Å². The Morgan fingerprint density at radius 2 is 1.80 bits per heavy atom. The van der Waals surface area contributed by atoms with Gasteiger partial charge in [-0.25, -0.2) is 0 Å². The molecule has 0 aromatic heterocycles. The number of ether oxygens (including phenoxy) is 2. The van der Waals surface area contributed by atoms with Gasteiger partial charge >= 0.3 is 0 Å². The first-order valence-electron chi connectivity index (χ1n) is 7.57. The number of rotatable bonds is 7. The van der Waals surface area contributed by atoms with Gasteiger partial charge in [0.05, 0.1) is 6.61 Å². The van der Waals surface area contributed by atoms with Crippen LogP contribution in [0.15, 0.2) is 24.3 Å². The van der Waals surface area contributed by atoms with Crippen LogP contribution in [0.1, 0.15) is 19.8 Å². The van der Waals surface area contributed by atoms with Crippen molar-refractivity contribution < 1.29 is 9.47 Å². The van der Waals surface area contributed by atoms with E-state index in [9.17, 15) is 0 Å². The Morgan fingerprint density at radius 1 is 1.15 bits per heavy atom. The number of para-hydroxylation sites is 2. The van der Waals surface area contributed by atoms with Crippen LogP contribution in [-0.2, 0) is 0 Å². The average Bonchev–Trinajstić information content (AvgIpc) is 2.50. The number of benzene rings is 1. The van der Waals surface area contributed by atoms with Gasteiger partial charge in [-0.15, -0.1) is 0 Å². The number of hydrogen-bond acceptors (Lipinski definition) is 4. The van der Waals surface area contributed by atoms with Crippen molar-refractivity contribution in [2.75, 3.05) is 39.9 Å². The summed E-state index contributed by atoms with van der Waals surface area (Å²) in [6.45, 7) is 6.66. The third kappa shape index (κ3) is 4.39. The van der Waals surface area contributed by atoms with Gasteiger partial charge in [-0.05, 0) is 52.0 Å².